The van der Waals surface area contributed by atoms with Gasteiger partial charge in [0.25, 0.3) is 5.91 Å². The predicted molar refractivity (Wildman–Crippen MR) is 83.4 cm³/mol. The van der Waals surface area contributed by atoms with Crippen molar-refractivity contribution >= 4 is 17.5 Å². The van der Waals surface area contributed by atoms with E-state index >= 15 is 0 Å². The van der Waals surface area contributed by atoms with Crippen LogP contribution in [0.15, 0.2) is 40.8 Å². The standard InChI is InChI=1S/C17H15ClN2O2/c18-13-6-2-1-5-12(13)14-7-8-15(22-14)16(21)20-17(11-19)9-3-4-10-17/h1-2,5-8H,3-4,9-10H2,(H,20,21). The van der Waals surface area contributed by atoms with Crippen LogP contribution in [0.25, 0.3) is 11.3 Å². The molecule has 0 radical (unpaired) electrons. The number of nitriles is 1. The summed E-state index contributed by atoms with van der Waals surface area (Å²) in [5, 5.41) is 12.7. The monoisotopic (exact) mass is 314 g/mol. The third kappa shape index (κ3) is 2.72. The van der Waals surface area contributed by atoms with Crippen molar-refractivity contribution in [1.82, 2.24) is 5.32 Å². The van der Waals surface area contributed by atoms with Crippen LogP contribution in [0.4, 0.5) is 0 Å². The number of benzene rings is 1. The minimum Gasteiger partial charge on any atom is -0.451 e. The molecule has 0 unspecified atom stereocenters. The third-order valence-electron chi connectivity index (χ3n) is 3.99. The fourth-order valence-electron chi connectivity index (χ4n) is 2.79. The lowest BCUT2D eigenvalue weighted by Gasteiger charge is -2.21. The van der Waals surface area contributed by atoms with E-state index in [1.807, 2.05) is 18.2 Å². The van der Waals surface area contributed by atoms with E-state index in [9.17, 15) is 10.1 Å². The van der Waals surface area contributed by atoms with Gasteiger partial charge in [0, 0.05) is 5.56 Å². The number of hydrogen-bond donors (Lipinski definition) is 1. The van der Waals surface area contributed by atoms with E-state index in [4.69, 9.17) is 16.0 Å². The first-order chi connectivity index (χ1) is 10.6. The fraction of sp³-hybridized carbons (Fsp3) is 0.294. The highest BCUT2D eigenvalue weighted by molar-refractivity contribution is 6.33. The maximum atomic E-state index is 12.3. The first kappa shape index (κ1) is 14.7. The smallest absolute Gasteiger partial charge is 0.288 e. The molecule has 4 nitrogen and oxygen atoms in total. The Morgan fingerprint density at radius 3 is 2.64 bits per heavy atom. The van der Waals surface area contributed by atoms with Crippen molar-refractivity contribution in [3.05, 3.63) is 47.2 Å². The molecule has 5 heteroatoms. The highest BCUT2D eigenvalue weighted by atomic mass is 35.5. The lowest BCUT2D eigenvalue weighted by Crippen LogP contribution is -2.44. The van der Waals surface area contributed by atoms with E-state index in [0.29, 0.717) is 23.6 Å². The van der Waals surface area contributed by atoms with Gasteiger partial charge in [0.15, 0.2) is 5.76 Å². The van der Waals surface area contributed by atoms with Gasteiger partial charge in [0.2, 0.25) is 0 Å². The van der Waals surface area contributed by atoms with E-state index in [2.05, 4.69) is 11.4 Å². The second-order valence-electron chi connectivity index (χ2n) is 5.50. The van der Waals surface area contributed by atoms with Gasteiger partial charge in [-0.1, -0.05) is 23.7 Å². The van der Waals surface area contributed by atoms with Crippen LogP contribution in [-0.2, 0) is 0 Å². The van der Waals surface area contributed by atoms with Crippen LogP contribution in [0, 0.1) is 11.3 Å². The van der Waals surface area contributed by atoms with Gasteiger partial charge >= 0.3 is 0 Å². The Morgan fingerprint density at radius 2 is 1.95 bits per heavy atom. The van der Waals surface area contributed by atoms with Crippen molar-refractivity contribution in [3.63, 3.8) is 0 Å². The summed E-state index contributed by atoms with van der Waals surface area (Å²) in [6.07, 6.45) is 3.29. The number of nitrogens with one attached hydrogen (secondary N) is 1. The van der Waals surface area contributed by atoms with Crippen molar-refractivity contribution in [2.24, 2.45) is 0 Å². The molecule has 1 aromatic carbocycles. The van der Waals surface area contributed by atoms with Gasteiger partial charge in [0.05, 0.1) is 11.1 Å². The van der Waals surface area contributed by atoms with Gasteiger partial charge in [-0.05, 0) is 49.9 Å². The number of carbonyl (C=O) groups is 1. The average Bonchev–Trinajstić information content (AvgIpc) is 3.17. The van der Waals surface area contributed by atoms with Crippen LogP contribution in [-0.4, -0.2) is 11.4 Å². The molecule has 1 aliphatic rings. The van der Waals surface area contributed by atoms with Crippen molar-refractivity contribution in [2.45, 2.75) is 31.2 Å². The molecule has 1 amide bonds. The summed E-state index contributed by atoms with van der Waals surface area (Å²) in [4.78, 5) is 12.3. The predicted octanol–water partition coefficient (Wildman–Crippen LogP) is 4.17. The first-order valence-corrected chi connectivity index (χ1v) is 7.60. The molecule has 1 saturated carbocycles. The zero-order chi connectivity index (χ0) is 15.6. The van der Waals surface area contributed by atoms with Gasteiger partial charge in [-0.25, -0.2) is 0 Å². The molecule has 0 saturated heterocycles. The minimum absolute atomic E-state index is 0.191. The fourth-order valence-corrected chi connectivity index (χ4v) is 3.02. The Labute approximate surface area is 133 Å². The Bertz CT molecular complexity index is 739. The molecule has 112 valence electrons. The van der Waals surface area contributed by atoms with Crippen molar-refractivity contribution in [3.8, 4) is 17.4 Å². The van der Waals surface area contributed by atoms with Crippen molar-refractivity contribution in [2.75, 3.05) is 0 Å². The Morgan fingerprint density at radius 1 is 1.23 bits per heavy atom. The Kier molecular flexibility index (Phi) is 3.91. The molecule has 2 aromatic rings. The van der Waals surface area contributed by atoms with Crippen LogP contribution in [0.3, 0.4) is 0 Å². The van der Waals surface area contributed by atoms with E-state index < -0.39 is 5.54 Å². The van der Waals surface area contributed by atoms with Crippen molar-refractivity contribution in [1.29, 1.82) is 5.26 Å². The van der Waals surface area contributed by atoms with Crippen LogP contribution < -0.4 is 5.32 Å². The summed E-state index contributed by atoms with van der Waals surface area (Å²) in [5.41, 5.74) is -0.0203. The Hall–Kier alpha value is -2.25. The lowest BCUT2D eigenvalue weighted by molar-refractivity contribution is 0.0893. The van der Waals surface area contributed by atoms with Crippen molar-refractivity contribution < 1.29 is 9.21 Å². The molecule has 0 atom stereocenters. The summed E-state index contributed by atoms with van der Waals surface area (Å²) >= 11 is 6.13. The minimum atomic E-state index is -0.756. The molecule has 1 fully saturated rings. The summed E-state index contributed by atoms with van der Waals surface area (Å²) < 4.78 is 5.61. The third-order valence-corrected chi connectivity index (χ3v) is 4.32. The zero-order valence-electron chi connectivity index (χ0n) is 11.9. The van der Waals surface area contributed by atoms with Gasteiger partial charge < -0.3 is 9.73 Å². The quantitative estimate of drug-likeness (QED) is 0.924. The molecule has 0 spiro atoms. The molecular formula is C17H15ClN2O2. The largest absolute Gasteiger partial charge is 0.451 e. The number of furan rings is 1. The summed E-state index contributed by atoms with van der Waals surface area (Å²) in [5.74, 6) is 0.367. The zero-order valence-corrected chi connectivity index (χ0v) is 12.7. The second kappa shape index (κ2) is 5.86. The van der Waals surface area contributed by atoms with E-state index in [0.717, 1.165) is 18.4 Å². The molecule has 3 rings (SSSR count). The number of carbonyl (C=O) groups excluding carboxylic acids is 1. The van der Waals surface area contributed by atoms with E-state index in [-0.39, 0.29) is 11.7 Å². The van der Waals surface area contributed by atoms with Gasteiger partial charge in [-0.2, -0.15) is 5.26 Å². The highest BCUT2D eigenvalue weighted by Crippen LogP contribution is 2.31. The number of rotatable bonds is 3. The number of hydrogen-bond acceptors (Lipinski definition) is 3. The number of amides is 1. The maximum absolute atomic E-state index is 12.3. The molecular weight excluding hydrogens is 300 g/mol. The number of halogens is 1. The van der Waals surface area contributed by atoms with Crippen LogP contribution >= 0.6 is 11.6 Å². The topological polar surface area (TPSA) is 66.0 Å². The molecule has 1 aromatic heterocycles. The molecule has 22 heavy (non-hydrogen) atoms. The molecule has 1 aliphatic carbocycles. The van der Waals surface area contributed by atoms with Gasteiger partial charge in [-0.15, -0.1) is 0 Å². The van der Waals surface area contributed by atoms with Crippen LogP contribution in [0.1, 0.15) is 36.2 Å². The van der Waals surface area contributed by atoms with Gasteiger partial charge in [0.1, 0.15) is 11.3 Å². The maximum Gasteiger partial charge on any atom is 0.288 e. The summed E-state index contributed by atoms with van der Waals surface area (Å²) in [6, 6.07) is 12.8. The molecule has 0 bridgehead atoms. The van der Waals surface area contributed by atoms with Crippen LogP contribution in [0.2, 0.25) is 5.02 Å². The van der Waals surface area contributed by atoms with Gasteiger partial charge in [-0.3, -0.25) is 4.79 Å². The summed E-state index contributed by atoms with van der Waals surface area (Å²) in [7, 11) is 0. The molecule has 1 heterocycles. The van der Waals surface area contributed by atoms with E-state index in [1.54, 1.807) is 18.2 Å². The summed E-state index contributed by atoms with van der Waals surface area (Å²) in [6.45, 7) is 0. The normalized spacial score (nSPS) is 16.2. The SMILES string of the molecule is N#CC1(NC(=O)c2ccc(-c3ccccc3Cl)o2)CCCC1. The second-order valence-corrected chi connectivity index (χ2v) is 5.91. The average molecular weight is 315 g/mol. The highest BCUT2D eigenvalue weighted by Gasteiger charge is 2.36. The molecule has 1 N–H and O–H groups in total. The molecule has 0 aliphatic heterocycles. The number of nitrogens with zero attached hydrogens (tertiary/aromatic N) is 1. The Balaban J connectivity index is 1.81. The lowest BCUT2D eigenvalue weighted by atomic mass is 10.00. The first-order valence-electron chi connectivity index (χ1n) is 7.22. The van der Waals surface area contributed by atoms with Crippen LogP contribution in [0.5, 0.6) is 0 Å². The van der Waals surface area contributed by atoms with E-state index in [1.165, 1.54) is 0 Å².